The smallest absolute Gasteiger partial charge is 0.378 e. The first-order valence-electron chi connectivity index (χ1n) is 14.1. The summed E-state index contributed by atoms with van der Waals surface area (Å²) in [5.41, 5.74) is -0.481. The number of aryl methyl sites for hydroxylation is 1. The van der Waals surface area contributed by atoms with Gasteiger partial charge >= 0.3 is 41.3 Å². The highest BCUT2D eigenvalue weighted by Gasteiger charge is 2.66. The van der Waals surface area contributed by atoms with Crippen molar-refractivity contribution in [2.24, 2.45) is 11.1 Å². The Morgan fingerprint density at radius 1 is 1.19 bits per heavy atom. The molecule has 23 heteroatoms. The van der Waals surface area contributed by atoms with Crippen molar-refractivity contribution >= 4 is 92.5 Å². The van der Waals surface area contributed by atoms with Crippen molar-refractivity contribution in [3.63, 3.8) is 0 Å². The quantitative estimate of drug-likeness (QED) is 0.0789. The van der Waals surface area contributed by atoms with E-state index in [0.29, 0.717) is 5.01 Å². The highest BCUT2D eigenvalue weighted by Crippen LogP contribution is 2.53. The predicted octanol–water partition coefficient (Wildman–Crippen LogP) is 0.541. The highest BCUT2D eigenvalue weighted by atomic mass is 35.7. The number of esters is 1. The maximum Gasteiger partial charge on any atom is 0.378 e. The SMILES string of the molecule is [B]OC(=O)[C@@]1(N2CCN(NC(=O)NS(=O)(=O)Cl)C2=O)CN2C(=O)[C@@H](CC(=O)/C(=N\OC(C)(C)C(=O)OC(C)(C)C)c3csc(C)n3)[C@H]2S1. The Morgan fingerprint density at radius 2 is 1.85 bits per heavy atom. The van der Waals surface area contributed by atoms with E-state index in [4.69, 9.17) is 28.3 Å². The number of ketones is 1. The fraction of sp³-hybridized carbons (Fsp3) is 0.600. The molecule has 0 bridgehead atoms. The number of aromatic nitrogens is 1. The van der Waals surface area contributed by atoms with Crippen LogP contribution in [0.1, 0.15) is 51.7 Å². The third-order valence-corrected chi connectivity index (χ3v) is 10.2. The number of thioether (sulfide) groups is 1. The Bertz CT molecular complexity index is 1680. The summed E-state index contributed by atoms with van der Waals surface area (Å²) in [6.07, 6.45) is -0.402. The zero-order chi connectivity index (χ0) is 36.0. The Balaban J connectivity index is 1.53. The van der Waals surface area contributed by atoms with Gasteiger partial charge in [-0.15, -0.1) is 11.3 Å². The normalized spacial score (nSPS) is 23.0. The summed E-state index contributed by atoms with van der Waals surface area (Å²) < 4.78 is 33.6. The zero-order valence-corrected chi connectivity index (χ0v) is 29.7. The summed E-state index contributed by atoms with van der Waals surface area (Å²) in [5.74, 6) is -3.95. The van der Waals surface area contributed by atoms with E-state index in [1.54, 1.807) is 33.1 Å². The molecule has 260 valence electrons. The summed E-state index contributed by atoms with van der Waals surface area (Å²) in [6.45, 7) is 8.87. The minimum Gasteiger partial charge on any atom is -0.541 e. The number of hydrogen-bond acceptors (Lipinski definition) is 15. The number of carbonyl (C=O) groups excluding carboxylic acids is 6. The van der Waals surface area contributed by atoms with Gasteiger partial charge in [0.2, 0.25) is 16.4 Å². The zero-order valence-electron chi connectivity index (χ0n) is 26.5. The first-order chi connectivity index (χ1) is 22.1. The van der Waals surface area contributed by atoms with Crippen molar-refractivity contribution < 1.29 is 51.4 Å². The maximum atomic E-state index is 13.7. The lowest BCUT2D eigenvalue weighted by Crippen LogP contribution is -2.60. The van der Waals surface area contributed by atoms with Gasteiger partial charge in [-0.05, 0) is 41.5 Å². The second-order valence-electron chi connectivity index (χ2n) is 12.3. The second kappa shape index (κ2) is 13.4. The summed E-state index contributed by atoms with van der Waals surface area (Å²) in [6, 6.07) is -2.27. The first-order valence-corrected chi connectivity index (χ1v) is 18.1. The molecular weight excluding hydrogens is 717 g/mol. The number of oxime groups is 1. The van der Waals surface area contributed by atoms with Gasteiger partial charge in [0, 0.05) is 29.0 Å². The van der Waals surface area contributed by atoms with E-state index >= 15 is 0 Å². The minimum atomic E-state index is -4.46. The molecule has 3 fully saturated rings. The number of rotatable bonds is 11. The summed E-state index contributed by atoms with van der Waals surface area (Å²) in [7, 11) is 5.77. The molecule has 48 heavy (non-hydrogen) atoms. The van der Waals surface area contributed by atoms with E-state index < -0.39 is 78.7 Å². The molecule has 0 unspecified atom stereocenters. The third-order valence-electron chi connectivity index (χ3n) is 7.06. The van der Waals surface area contributed by atoms with Crippen LogP contribution in [0.15, 0.2) is 10.5 Å². The van der Waals surface area contributed by atoms with Gasteiger partial charge in [-0.3, -0.25) is 19.3 Å². The molecule has 1 aromatic heterocycles. The number of amides is 5. The number of urea groups is 2. The lowest BCUT2D eigenvalue weighted by molar-refractivity contribution is -0.179. The molecule has 3 aliphatic rings. The minimum absolute atomic E-state index is 0.160. The number of fused-ring (bicyclic) bond motifs is 1. The van der Waals surface area contributed by atoms with E-state index in [9.17, 15) is 37.2 Å². The summed E-state index contributed by atoms with van der Waals surface area (Å²) >= 11 is 2.09. The Morgan fingerprint density at radius 3 is 2.42 bits per heavy atom. The average Bonchev–Trinajstić information content (AvgIpc) is 3.65. The molecule has 4 heterocycles. The third kappa shape index (κ3) is 7.81. The van der Waals surface area contributed by atoms with E-state index in [2.05, 4.69) is 14.8 Å². The van der Waals surface area contributed by atoms with Crippen LogP contribution in [-0.4, -0.2) is 119 Å². The standard InChI is InChI=1S/C25H31BClN7O11S3/c1-12-28-14(10-46-12)16(30-45-24(5,6)19(37)43-23(2,3)4)15(35)9-13-17(36)32-11-25(20(38)44-26,47-18(13)32)33-7-8-34(22(33)40)29-21(39)31-48(27,41)42/h10,13,18H,7-9,11H2,1-6H3,(H2,29,31,39)/b30-16-/t13-,18-,25-/m1/s1. The molecule has 18 nitrogen and oxygen atoms in total. The van der Waals surface area contributed by atoms with Crippen molar-refractivity contribution in [1.29, 1.82) is 0 Å². The van der Waals surface area contributed by atoms with E-state index in [-0.39, 0.29) is 31.0 Å². The average molecular weight is 748 g/mol. The van der Waals surface area contributed by atoms with Gasteiger partial charge in [0.15, 0.2) is 11.5 Å². The van der Waals surface area contributed by atoms with Crippen LogP contribution in [-0.2, 0) is 42.6 Å². The summed E-state index contributed by atoms with van der Waals surface area (Å²) in [4.78, 5) is 88.3. The van der Waals surface area contributed by atoms with Gasteiger partial charge in [0.1, 0.15) is 11.3 Å². The second-order valence-corrected chi connectivity index (χ2v) is 17.0. The maximum absolute atomic E-state index is 13.7. The number of thiazole rings is 1. The topological polar surface area (TPSA) is 223 Å². The Hall–Kier alpha value is -3.63. The van der Waals surface area contributed by atoms with E-state index in [0.717, 1.165) is 21.7 Å². The highest BCUT2D eigenvalue weighted by molar-refractivity contribution is 8.12. The lowest BCUT2D eigenvalue weighted by atomic mass is 9.90. The van der Waals surface area contributed by atoms with Crippen LogP contribution in [0.25, 0.3) is 0 Å². The molecular formula is C25H31BClN7O11S3. The van der Waals surface area contributed by atoms with Crippen molar-refractivity contribution in [3.05, 3.63) is 16.1 Å². The largest absolute Gasteiger partial charge is 0.541 e. The lowest BCUT2D eigenvalue weighted by Gasteiger charge is -2.40. The molecule has 5 amide bonds. The molecule has 3 atom stereocenters. The van der Waals surface area contributed by atoms with Crippen LogP contribution in [0.2, 0.25) is 0 Å². The fourth-order valence-corrected chi connectivity index (χ4v) is 7.68. The number of nitrogens with zero attached hydrogens (tertiary/aromatic N) is 5. The predicted molar refractivity (Wildman–Crippen MR) is 170 cm³/mol. The van der Waals surface area contributed by atoms with Crippen LogP contribution in [0.5, 0.6) is 0 Å². The van der Waals surface area contributed by atoms with Gasteiger partial charge in [-0.1, -0.05) is 16.9 Å². The van der Waals surface area contributed by atoms with Crippen molar-refractivity contribution in [1.82, 2.24) is 29.9 Å². The van der Waals surface area contributed by atoms with Crippen LogP contribution in [0, 0.1) is 12.8 Å². The number of halogens is 1. The van der Waals surface area contributed by atoms with Crippen molar-refractivity contribution in [2.75, 3.05) is 19.6 Å². The molecule has 2 radical (unpaired) electrons. The molecule has 1 aromatic rings. The number of carbonyl (C=O) groups is 6. The molecule has 0 aliphatic carbocycles. The number of nitrogens with one attached hydrogen (secondary N) is 2. The van der Waals surface area contributed by atoms with Crippen LogP contribution in [0.3, 0.4) is 0 Å². The number of β-lactam (4-membered cyclic amide) rings is 1. The van der Waals surface area contributed by atoms with Crippen LogP contribution >= 0.6 is 33.8 Å². The monoisotopic (exact) mass is 747 g/mol. The Kier molecular flexibility index (Phi) is 10.3. The fourth-order valence-electron chi connectivity index (χ4n) is 4.87. The van der Waals surface area contributed by atoms with Gasteiger partial charge in [0.25, 0.3) is 0 Å². The molecule has 0 saturated carbocycles. The van der Waals surface area contributed by atoms with Crippen molar-refractivity contribution in [3.8, 4) is 0 Å². The number of hydrogen-bond donors (Lipinski definition) is 2. The van der Waals surface area contributed by atoms with Gasteiger partial charge in [-0.2, -0.15) is 8.42 Å². The van der Waals surface area contributed by atoms with Crippen molar-refractivity contribution in [2.45, 2.75) is 69.4 Å². The summed E-state index contributed by atoms with van der Waals surface area (Å²) in [5, 5.41) is 6.11. The number of hydrazine groups is 1. The van der Waals surface area contributed by atoms with Gasteiger partial charge < -0.3 is 19.1 Å². The molecule has 3 aliphatic heterocycles. The van der Waals surface area contributed by atoms with Crippen LogP contribution < -0.4 is 10.1 Å². The molecule has 3 saturated heterocycles. The molecule has 0 aromatic carbocycles. The van der Waals surface area contributed by atoms with Gasteiger partial charge in [-0.25, -0.2) is 34.5 Å². The molecule has 0 spiro atoms. The Labute approximate surface area is 289 Å². The molecule has 2 N–H and O–H groups in total. The number of Topliss-reactive ketones (excluding diaryl/α,β-unsaturated/α-hetero) is 1. The van der Waals surface area contributed by atoms with Crippen LogP contribution in [0.4, 0.5) is 9.59 Å². The molecule has 4 rings (SSSR count). The van der Waals surface area contributed by atoms with E-state index in [1.165, 1.54) is 34.8 Å². The first kappa shape index (κ1) is 37.2. The van der Waals surface area contributed by atoms with Gasteiger partial charge in [0.05, 0.1) is 29.4 Å². The number of ether oxygens (including phenoxy) is 1. The van der Waals surface area contributed by atoms with E-state index in [1.807, 2.05) is 5.43 Å².